The summed E-state index contributed by atoms with van der Waals surface area (Å²) in [5.41, 5.74) is 0. The molecule has 0 aromatic carbocycles. The van der Waals surface area contributed by atoms with Crippen molar-refractivity contribution in [2.75, 3.05) is 20.2 Å². The third-order valence-electron chi connectivity index (χ3n) is 3.76. The molecule has 0 amide bonds. The lowest BCUT2D eigenvalue weighted by atomic mass is 10.1. The van der Waals surface area contributed by atoms with Crippen LogP contribution in [0.4, 0.5) is 0 Å². The summed E-state index contributed by atoms with van der Waals surface area (Å²) in [5, 5.41) is 47.6. The van der Waals surface area contributed by atoms with Gasteiger partial charge in [-0.3, -0.25) is 33.7 Å². The molecule has 14 heteroatoms. The van der Waals surface area contributed by atoms with Crippen LogP contribution in [-0.4, -0.2) is 105 Å². The van der Waals surface area contributed by atoms with Crippen molar-refractivity contribution in [1.82, 2.24) is 10.2 Å². The molecular weight excluding hydrogens is 400 g/mol. The summed E-state index contributed by atoms with van der Waals surface area (Å²) in [6, 6.07) is -5.20. The number of carbonyl (C=O) groups is 6. The van der Waals surface area contributed by atoms with E-state index in [1.165, 1.54) is 0 Å². The van der Waals surface area contributed by atoms with Gasteiger partial charge in [-0.05, 0) is 0 Å². The minimum absolute atomic E-state index is 0.404. The SMILES string of the molecule is COC(=O)CC(C(=O)O)N(CCNC(CC(=O)O)C(=O)O)C(CC(=O)O)C(=O)O. The van der Waals surface area contributed by atoms with E-state index in [1.807, 2.05) is 0 Å². The zero-order valence-corrected chi connectivity index (χ0v) is 15.3. The van der Waals surface area contributed by atoms with Gasteiger partial charge in [-0.25, -0.2) is 0 Å². The van der Waals surface area contributed by atoms with Gasteiger partial charge in [-0.1, -0.05) is 0 Å². The Morgan fingerprint density at radius 2 is 1.28 bits per heavy atom. The van der Waals surface area contributed by atoms with Crippen LogP contribution < -0.4 is 5.32 Å². The number of nitrogens with zero attached hydrogens (tertiary/aromatic N) is 1. The molecule has 0 aliphatic rings. The Kier molecular flexibility index (Phi) is 10.9. The van der Waals surface area contributed by atoms with Crippen molar-refractivity contribution in [3.63, 3.8) is 0 Å². The molecule has 0 bridgehead atoms. The molecule has 0 heterocycles. The van der Waals surface area contributed by atoms with E-state index >= 15 is 0 Å². The van der Waals surface area contributed by atoms with Gasteiger partial charge in [0.1, 0.15) is 18.1 Å². The van der Waals surface area contributed by atoms with Crippen LogP contribution in [0.3, 0.4) is 0 Å². The Morgan fingerprint density at radius 1 is 0.793 bits per heavy atom. The minimum atomic E-state index is -1.86. The van der Waals surface area contributed by atoms with Crippen LogP contribution in [0.1, 0.15) is 19.3 Å². The summed E-state index contributed by atoms with van der Waals surface area (Å²) in [7, 11) is 0.975. The van der Waals surface area contributed by atoms with Crippen LogP contribution in [0.5, 0.6) is 0 Å². The van der Waals surface area contributed by atoms with Crippen molar-refractivity contribution < 1.29 is 59.0 Å². The molecule has 0 radical (unpaired) electrons. The average Bonchev–Trinajstić information content (AvgIpc) is 2.59. The number of esters is 1. The third kappa shape index (κ3) is 9.48. The van der Waals surface area contributed by atoms with E-state index < -0.39 is 86.3 Å². The standard InChI is InChI=1S/C15H22N2O12/c1-29-12(22)6-9(15(27)28)17(8(14(25)26)5-11(20)21)3-2-16-7(13(23)24)4-10(18)19/h7-9,16H,2-6H2,1H3,(H,18,19)(H,20,21)(H,23,24)(H,25,26)(H,27,28). The maximum atomic E-state index is 11.6. The number of methoxy groups -OCH3 is 1. The molecular formula is C15H22N2O12. The van der Waals surface area contributed by atoms with Crippen LogP contribution in [0.25, 0.3) is 0 Å². The fraction of sp³-hybridized carbons (Fsp3) is 0.600. The highest BCUT2D eigenvalue weighted by molar-refractivity contribution is 5.84. The van der Waals surface area contributed by atoms with E-state index in [-0.39, 0.29) is 0 Å². The maximum Gasteiger partial charge on any atom is 0.321 e. The Hall–Kier alpha value is -3.26. The maximum absolute atomic E-state index is 11.6. The number of hydrogen-bond acceptors (Lipinski definition) is 9. The second kappa shape index (κ2) is 12.2. The molecule has 0 aliphatic heterocycles. The number of ether oxygens (including phenoxy) is 1. The first-order valence-corrected chi connectivity index (χ1v) is 8.08. The number of carboxylic acids is 5. The monoisotopic (exact) mass is 422 g/mol. The number of aliphatic carboxylic acids is 5. The second-order valence-electron chi connectivity index (χ2n) is 5.77. The minimum Gasteiger partial charge on any atom is -0.481 e. The van der Waals surface area contributed by atoms with Crippen molar-refractivity contribution in [2.24, 2.45) is 0 Å². The summed E-state index contributed by atoms with van der Waals surface area (Å²) in [4.78, 5) is 68.0. The number of carbonyl (C=O) groups excluding carboxylic acids is 1. The summed E-state index contributed by atoms with van der Waals surface area (Å²) >= 11 is 0. The van der Waals surface area contributed by atoms with Gasteiger partial charge in [-0.15, -0.1) is 0 Å². The van der Waals surface area contributed by atoms with Crippen LogP contribution >= 0.6 is 0 Å². The zero-order chi connectivity index (χ0) is 22.7. The molecule has 0 saturated heterocycles. The van der Waals surface area contributed by atoms with E-state index in [0.717, 1.165) is 7.11 Å². The molecule has 0 aliphatic carbocycles. The summed E-state index contributed by atoms with van der Waals surface area (Å²) < 4.78 is 4.37. The predicted octanol–water partition coefficient (Wildman–Crippen LogP) is -2.25. The van der Waals surface area contributed by atoms with Crippen LogP contribution in [0, 0.1) is 0 Å². The molecule has 29 heavy (non-hydrogen) atoms. The van der Waals surface area contributed by atoms with Gasteiger partial charge in [0, 0.05) is 13.1 Å². The molecule has 0 aromatic rings. The fourth-order valence-corrected chi connectivity index (χ4v) is 2.42. The van der Waals surface area contributed by atoms with E-state index in [1.54, 1.807) is 0 Å². The summed E-state index contributed by atoms with van der Waals surface area (Å²) in [6.07, 6.45) is -2.61. The average molecular weight is 422 g/mol. The van der Waals surface area contributed by atoms with Crippen LogP contribution in [0.2, 0.25) is 0 Å². The normalized spacial score (nSPS) is 13.9. The molecule has 0 aromatic heterocycles. The lowest BCUT2D eigenvalue weighted by Crippen LogP contribution is -2.55. The van der Waals surface area contributed by atoms with Gasteiger partial charge < -0.3 is 35.6 Å². The Morgan fingerprint density at radius 3 is 1.66 bits per heavy atom. The Bertz CT molecular complexity index is 649. The molecule has 0 spiro atoms. The molecule has 0 fully saturated rings. The topological polar surface area (TPSA) is 228 Å². The molecule has 0 saturated carbocycles. The van der Waals surface area contributed by atoms with E-state index in [2.05, 4.69) is 10.1 Å². The van der Waals surface area contributed by atoms with E-state index in [9.17, 15) is 39.0 Å². The first-order chi connectivity index (χ1) is 13.4. The van der Waals surface area contributed by atoms with Gasteiger partial charge >= 0.3 is 35.8 Å². The molecule has 0 rings (SSSR count). The number of carboxylic acid groups (broad SMARTS) is 5. The smallest absolute Gasteiger partial charge is 0.321 e. The largest absolute Gasteiger partial charge is 0.481 e. The van der Waals surface area contributed by atoms with Crippen molar-refractivity contribution in [1.29, 1.82) is 0 Å². The van der Waals surface area contributed by atoms with Crippen molar-refractivity contribution in [2.45, 2.75) is 37.4 Å². The van der Waals surface area contributed by atoms with Crippen molar-refractivity contribution in [3.05, 3.63) is 0 Å². The predicted molar refractivity (Wildman–Crippen MR) is 90.1 cm³/mol. The van der Waals surface area contributed by atoms with Crippen LogP contribution in [-0.2, 0) is 33.5 Å². The van der Waals surface area contributed by atoms with Gasteiger partial charge in [0.15, 0.2) is 0 Å². The zero-order valence-electron chi connectivity index (χ0n) is 15.3. The third-order valence-corrected chi connectivity index (χ3v) is 3.76. The highest BCUT2D eigenvalue weighted by atomic mass is 16.5. The van der Waals surface area contributed by atoms with Crippen molar-refractivity contribution in [3.8, 4) is 0 Å². The lowest BCUT2D eigenvalue weighted by molar-refractivity contribution is -0.159. The van der Waals surface area contributed by atoms with E-state index in [4.69, 9.17) is 15.3 Å². The fourth-order valence-electron chi connectivity index (χ4n) is 2.42. The highest BCUT2D eigenvalue weighted by Gasteiger charge is 2.38. The number of hydrogen-bond donors (Lipinski definition) is 6. The first-order valence-electron chi connectivity index (χ1n) is 8.08. The highest BCUT2D eigenvalue weighted by Crippen LogP contribution is 2.14. The quantitative estimate of drug-likeness (QED) is 0.153. The molecule has 164 valence electrons. The summed E-state index contributed by atoms with van der Waals surface area (Å²) in [5.74, 6) is -8.79. The van der Waals surface area contributed by atoms with Gasteiger partial charge in [-0.2, -0.15) is 0 Å². The Balaban J connectivity index is 5.64. The lowest BCUT2D eigenvalue weighted by Gasteiger charge is -2.33. The number of rotatable bonds is 15. The first kappa shape index (κ1) is 25.7. The van der Waals surface area contributed by atoms with Crippen LogP contribution in [0.15, 0.2) is 0 Å². The summed E-state index contributed by atoms with van der Waals surface area (Å²) in [6.45, 7) is -0.916. The van der Waals surface area contributed by atoms with Gasteiger partial charge in [0.25, 0.3) is 0 Å². The van der Waals surface area contributed by atoms with Crippen molar-refractivity contribution >= 4 is 35.8 Å². The number of nitrogens with one attached hydrogen (secondary N) is 1. The molecule has 6 N–H and O–H groups in total. The van der Waals surface area contributed by atoms with E-state index in [0.29, 0.717) is 4.90 Å². The second-order valence-corrected chi connectivity index (χ2v) is 5.77. The molecule has 3 atom stereocenters. The Labute approximate surface area is 163 Å². The van der Waals surface area contributed by atoms with Gasteiger partial charge in [0.2, 0.25) is 0 Å². The molecule has 3 unspecified atom stereocenters. The van der Waals surface area contributed by atoms with Gasteiger partial charge in [0.05, 0.1) is 26.4 Å². The molecule has 14 nitrogen and oxygen atoms in total.